The van der Waals surface area contributed by atoms with E-state index in [-0.39, 0.29) is 24.7 Å². The molecule has 1 aromatic heterocycles. The minimum Gasteiger partial charge on any atom is -0.384 e. The van der Waals surface area contributed by atoms with E-state index in [0.29, 0.717) is 25.4 Å². The molecule has 0 spiro atoms. The summed E-state index contributed by atoms with van der Waals surface area (Å²) in [7, 11) is -1.49. The van der Waals surface area contributed by atoms with Crippen LogP contribution in [0.3, 0.4) is 0 Å². The smallest absolute Gasteiger partial charge is 0.226 e. The molecular weight excluding hydrogens is 370 g/mol. The van der Waals surface area contributed by atoms with Gasteiger partial charge in [-0.2, -0.15) is 0 Å². The molecule has 0 aliphatic carbocycles. The third-order valence-corrected chi connectivity index (χ3v) is 4.64. The van der Waals surface area contributed by atoms with Gasteiger partial charge in [-0.1, -0.05) is 18.2 Å². The lowest BCUT2D eigenvalue weighted by Crippen LogP contribution is -2.18. The van der Waals surface area contributed by atoms with Gasteiger partial charge in [-0.25, -0.2) is 8.42 Å². The molecule has 0 saturated carbocycles. The summed E-state index contributed by atoms with van der Waals surface area (Å²) in [5.41, 5.74) is 2.12. The zero-order valence-corrected chi connectivity index (χ0v) is 16.3. The normalized spacial score (nSPS) is 11.5. The Morgan fingerprint density at radius 3 is 2.70 bits per heavy atom. The minimum atomic E-state index is -3.03. The van der Waals surface area contributed by atoms with Crippen molar-refractivity contribution in [2.75, 3.05) is 56.1 Å². The van der Waals surface area contributed by atoms with Crippen molar-refractivity contribution in [3.8, 4) is 0 Å². The summed E-state index contributed by atoms with van der Waals surface area (Å²) in [4.78, 5) is 16.4. The topological polar surface area (TPSA) is 107 Å². The van der Waals surface area contributed by atoms with Gasteiger partial charge >= 0.3 is 0 Å². The van der Waals surface area contributed by atoms with Crippen LogP contribution >= 0.6 is 0 Å². The highest BCUT2D eigenvalue weighted by atomic mass is 32.2. The van der Waals surface area contributed by atoms with Crippen LogP contribution in [0.15, 0.2) is 30.5 Å². The second kappa shape index (κ2) is 10.2. The molecule has 0 fully saturated rings. The van der Waals surface area contributed by atoms with Crippen molar-refractivity contribution in [3.63, 3.8) is 0 Å². The molecule has 8 nitrogen and oxygen atoms in total. The maximum Gasteiger partial charge on any atom is 0.226 e. The molecule has 0 atom stereocenters. The van der Waals surface area contributed by atoms with Gasteiger partial charge in [0.05, 0.1) is 55.1 Å². The van der Waals surface area contributed by atoms with Crippen LogP contribution in [0, 0.1) is 0 Å². The van der Waals surface area contributed by atoms with Crippen molar-refractivity contribution in [3.05, 3.63) is 30.5 Å². The summed E-state index contributed by atoms with van der Waals surface area (Å²) in [6, 6.07) is 7.60. The number of hydrogen-bond donors (Lipinski definition) is 2. The Morgan fingerprint density at radius 1 is 1.19 bits per heavy atom. The van der Waals surface area contributed by atoms with Gasteiger partial charge in [-0.15, -0.1) is 0 Å². The Labute approximate surface area is 159 Å². The van der Waals surface area contributed by atoms with E-state index in [1.807, 2.05) is 24.3 Å². The number of para-hydroxylation sites is 1. The fourth-order valence-electron chi connectivity index (χ4n) is 2.39. The molecule has 0 saturated heterocycles. The van der Waals surface area contributed by atoms with E-state index in [4.69, 9.17) is 9.47 Å². The summed E-state index contributed by atoms with van der Waals surface area (Å²) < 4.78 is 32.5. The van der Waals surface area contributed by atoms with Crippen LogP contribution in [-0.2, 0) is 24.1 Å². The Morgan fingerprint density at radius 2 is 1.96 bits per heavy atom. The van der Waals surface area contributed by atoms with Gasteiger partial charge in [0, 0.05) is 25.3 Å². The molecule has 2 rings (SSSR count). The monoisotopic (exact) mass is 395 g/mol. The van der Waals surface area contributed by atoms with Crippen LogP contribution in [0.2, 0.25) is 0 Å². The average molecular weight is 395 g/mol. The Bertz CT molecular complexity index is 870. The van der Waals surface area contributed by atoms with Crippen molar-refractivity contribution >= 4 is 38.0 Å². The van der Waals surface area contributed by atoms with E-state index >= 15 is 0 Å². The van der Waals surface area contributed by atoms with E-state index in [1.54, 1.807) is 13.3 Å². The van der Waals surface area contributed by atoms with E-state index in [1.165, 1.54) is 6.26 Å². The van der Waals surface area contributed by atoms with Crippen LogP contribution in [0.25, 0.3) is 10.9 Å². The second-order valence-corrected chi connectivity index (χ2v) is 8.28. The van der Waals surface area contributed by atoms with Crippen molar-refractivity contribution in [2.24, 2.45) is 0 Å². The lowest BCUT2D eigenvalue weighted by atomic mass is 10.1. The van der Waals surface area contributed by atoms with Crippen LogP contribution in [0.5, 0.6) is 0 Å². The lowest BCUT2D eigenvalue weighted by molar-refractivity contribution is -0.117. The van der Waals surface area contributed by atoms with E-state index in [2.05, 4.69) is 15.6 Å². The molecule has 2 aromatic rings. The van der Waals surface area contributed by atoms with Crippen LogP contribution < -0.4 is 10.6 Å². The van der Waals surface area contributed by atoms with Gasteiger partial charge in [0.2, 0.25) is 5.91 Å². The number of nitrogens with zero attached hydrogens (tertiary/aromatic N) is 1. The summed E-state index contributed by atoms with van der Waals surface area (Å²) in [5, 5.41) is 6.97. The zero-order chi connectivity index (χ0) is 19.7. The first kappa shape index (κ1) is 21.1. The fourth-order valence-corrected chi connectivity index (χ4v) is 2.82. The van der Waals surface area contributed by atoms with Crippen molar-refractivity contribution in [1.29, 1.82) is 0 Å². The van der Waals surface area contributed by atoms with Crippen LogP contribution in [-0.4, -0.2) is 64.8 Å². The highest BCUT2D eigenvalue weighted by molar-refractivity contribution is 7.90. The maximum atomic E-state index is 12.0. The van der Waals surface area contributed by atoms with Gasteiger partial charge in [-0.05, 0) is 6.07 Å². The third kappa shape index (κ3) is 7.12. The highest BCUT2D eigenvalue weighted by Gasteiger charge is 2.11. The molecule has 1 aromatic carbocycles. The van der Waals surface area contributed by atoms with Gasteiger partial charge in [0.1, 0.15) is 9.84 Å². The number of amides is 1. The summed E-state index contributed by atoms with van der Waals surface area (Å²) in [6.45, 7) is 1.28. The van der Waals surface area contributed by atoms with Gasteiger partial charge in [0.25, 0.3) is 0 Å². The number of carbonyl (C=O) groups is 1. The number of aromatic nitrogens is 1. The second-order valence-electron chi connectivity index (χ2n) is 6.02. The molecule has 9 heteroatoms. The molecule has 0 radical (unpaired) electrons. The zero-order valence-electron chi connectivity index (χ0n) is 15.5. The number of nitrogens with one attached hydrogen (secondary N) is 2. The van der Waals surface area contributed by atoms with Crippen LogP contribution in [0.4, 0.5) is 11.4 Å². The molecule has 27 heavy (non-hydrogen) atoms. The van der Waals surface area contributed by atoms with E-state index in [9.17, 15) is 13.2 Å². The number of pyridine rings is 1. The third-order valence-electron chi connectivity index (χ3n) is 3.73. The standard InChI is InChI=1S/C18H25N3O5S/c1-25-9-7-17(22)21-16-13-20-15-6-4-3-5-14(15)18(16)19-8-10-26-11-12-27(2,23)24/h3-6,13H,7-12H2,1-2H3,(H,19,20)(H,21,22). The van der Waals surface area contributed by atoms with Gasteiger partial charge in [-0.3, -0.25) is 9.78 Å². The number of methoxy groups -OCH3 is 1. The number of hydrogen-bond acceptors (Lipinski definition) is 7. The van der Waals surface area contributed by atoms with Crippen molar-refractivity contribution in [1.82, 2.24) is 4.98 Å². The predicted octanol–water partition coefficient (Wildman–Crippen LogP) is 1.68. The molecule has 0 unspecified atom stereocenters. The largest absolute Gasteiger partial charge is 0.384 e. The van der Waals surface area contributed by atoms with Crippen molar-refractivity contribution < 1.29 is 22.7 Å². The quantitative estimate of drug-likeness (QED) is 0.558. The first-order chi connectivity index (χ1) is 12.9. The van der Waals surface area contributed by atoms with E-state index < -0.39 is 9.84 Å². The number of benzene rings is 1. The maximum absolute atomic E-state index is 12.0. The summed E-state index contributed by atoms with van der Waals surface area (Å²) in [5.74, 6) is -0.173. The Hall–Kier alpha value is -2.23. The molecule has 2 N–H and O–H groups in total. The molecule has 0 bridgehead atoms. The fraction of sp³-hybridized carbons (Fsp3) is 0.444. The minimum absolute atomic E-state index is 0.00794. The summed E-state index contributed by atoms with van der Waals surface area (Å²) >= 11 is 0. The molecule has 1 heterocycles. The Balaban J connectivity index is 2.05. The first-order valence-corrected chi connectivity index (χ1v) is 10.6. The summed E-state index contributed by atoms with van der Waals surface area (Å²) in [6.07, 6.45) is 3.04. The van der Waals surface area contributed by atoms with Crippen LogP contribution in [0.1, 0.15) is 6.42 Å². The number of ether oxygens (including phenoxy) is 2. The number of rotatable bonds is 11. The predicted molar refractivity (Wildman–Crippen MR) is 106 cm³/mol. The number of fused-ring (bicyclic) bond motifs is 1. The number of carbonyl (C=O) groups excluding carboxylic acids is 1. The van der Waals surface area contributed by atoms with Crippen molar-refractivity contribution in [2.45, 2.75) is 6.42 Å². The molecule has 1 amide bonds. The Kier molecular flexibility index (Phi) is 7.96. The molecule has 0 aliphatic rings. The SMILES string of the molecule is COCCC(=O)Nc1cnc2ccccc2c1NCCOCCS(C)(=O)=O. The average Bonchev–Trinajstić information content (AvgIpc) is 2.63. The lowest BCUT2D eigenvalue weighted by Gasteiger charge is -2.15. The molecular formula is C18H25N3O5S. The van der Waals surface area contributed by atoms with Gasteiger partial charge < -0.3 is 20.1 Å². The molecule has 0 aliphatic heterocycles. The molecule has 148 valence electrons. The number of sulfone groups is 1. The van der Waals surface area contributed by atoms with Gasteiger partial charge in [0.15, 0.2) is 0 Å². The van der Waals surface area contributed by atoms with E-state index in [0.717, 1.165) is 16.6 Å². The highest BCUT2D eigenvalue weighted by Crippen LogP contribution is 2.29. The number of anilines is 2. The first-order valence-electron chi connectivity index (χ1n) is 8.56.